The highest BCUT2D eigenvalue weighted by Crippen LogP contribution is 2.24. The number of hydrogen-bond acceptors (Lipinski definition) is 7. The van der Waals surface area contributed by atoms with Crippen LogP contribution in [0.15, 0.2) is 87.0 Å². The fourth-order valence-electron chi connectivity index (χ4n) is 2.85. The maximum absolute atomic E-state index is 13.1. The number of amides is 1. The Kier molecular flexibility index (Phi) is 6.43. The summed E-state index contributed by atoms with van der Waals surface area (Å²) in [6, 6.07) is 17.7. The molecule has 0 aliphatic heterocycles. The van der Waals surface area contributed by atoms with Crippen molar-refractivity contribution in [3.8, 4) is 11.5 Å². The summed E-state index contributed by atoms with van der Waals surface area (Å²) in [6.45, 7) is 0. The van der Waals surface area contributed by atoms with Crippen LogP contribution in [0.5, 0.6) is 0 Å². The molecule has 4 aromatic rings. The number of sulfonamides is 1. The van der Waals surface area contributed by atoms with Crippen molar-refractivity contribution in [1.29, 1.82) is 0 Å². The van der Waals surface area contributed by atoms with E-state index < -0.39 is 21.7 Å². The second-order valence-corrected chi connectivity index (χ2v) is 9.30. The minimum atomic E-state index is -3.95. The number of nitrogens with zero attached hydrogens (tertiary/aromatic N) is 2. The number of thioether (sulfide) groups is 1. The van der Waals surface area contributed by atoms with Crippen LogP contribution in [0.4, 0.5) is 16.1 Å². The molecule has 3 aromatic carbocycles. The average Bonchev–Trinajstić information content (AvgIpc) is 3.28. The van der Waals surface area contributed by atoms with Crippen molar-refractivity contribution in [2.75, 3.05) is 16.3 Å². The van der Waals surface area contributed by atoms with Crippen molar-refractivity contribution >= 4 is 39.4 Å². The van der Waals surface area contributed by atoms with Crippen LogP contribution in [-0.2, 0) is 10.0 Å². The van der Waals surface area contributed by atoms with E-state index in [1.165, 1.54) is 24.3 Å². The van der Waals surface area contributed by atoms with Crippen molar-refractivity contribution in [3.63, 3.8) is 0 Å². The first-order chi connectivity index (χ1) is 15.8. The van der Waals surface area contributed by atoms with E-state index in [1.807, 2.05) is 30.5 Å². The van der Waals surface area contributed by atoms with Gasteiger partial charge < -0.3 is 4.42 Å². The highest BCUT2D eigenvalue weighted by atomic mass is 32.2. The zero-order valence-electron chi connectivity index (χ0n) is 17.2. The lowest BCUT2D eigenvalue weighted by Gasteiger charge is -2.09. The van der Waals surface area contributed by atoms with Gasteiger partial charge in [0.25, 0.3) is 15.9 Å². The van der Waals surface area contributed by atoms with Gasteiger partial charge in [-0.3, -0.25) is 14.8 Å². The van der Waals surface area contributed by atoms with Gasteiger partial charge in [-0.2, -0.15) is 0 Å². The van der Waals surface area contributed by atoms with Gasteiger partial charge in [-0.05, 0) is 73.0 Å². The smallest absolute Gasteiger partial charge is 0.322 e. The highest BCUT2D eigenvalue weighted by molar-refractivity contribution is 7.98. The van der Waals surface area contributed by atoms with Gasteiger partial charge in [-0.15, -0.1) is 16.9 Å². The van der Waals surface area contributed by atoms with E-state index in [1.54, 1.807) is 11.8 Å². The molecule has 0 saturated carbocycles. The fraction of sp³-hybridized carbons (Fsp3) is 0.0455. The van der Waals surface area contributed by atoms with E-state index >= 15 is 0 Å². The van der Waals surface area contributed by atoms with Crippen LogP contribution < -0.4 is 10.0 Å². The van der Waals surface area contributed by atoms with Crippen LogP contribution in [0.25, 0.3) is 11.5 Å². The van der Waals surface area contributed by atoms with Crippen LogP contribution in [0.1, 0.15) is 10.4 Å². The largest absolute Gasteiger partial charge is 0.403 e. The van der Waals surface area contributed by atoms with Crippen LogP contribution >= 0.6 is 11.8 Å². The summed E-state index contributed by atoms with van der Waals surface area (Å²) in [4.78, 5) is 13.6. The minimum absolute atomic E-state index is 0.0961. The van der Waals surface area contributed by atoms with Gasteiger partial charge in [0.15, 0.2) is 0 Å². The Morgan fingerprint density at radius 3 is 2.42 bits per heavy atom. The molecule has 0 spiro atoms. The predicted molar refractivity (Wildman–Crippen MR) is 123 cm³/mol. The zero-order chi connectivity index (χ0) is 23.4. The monoisotopic (exact) mass is 484 g/mol. The quantitative estimate of drug-likeness (QED) is 0.367. The molecule has 0 atom stereocenters. The third-order valence-corrected chi connectivity index (χ3v) is 6.62. The van der Waals surface area contributed by atoms with Gasteiger partial charge in [-0.1, -0.05) is 11.2 Å². The van der Waals surface area contributed by atoms with E-state index in [2.05, 4.69) is 20.2 Å². The summed E-state index contributed by atoms with van der Waals surface area (Å²) in [5, 5.41) is 10.3. The number of halogens is 1. The van der Waals surface area contributed by atoms with Crippen LogP contribution in [0.2, 0.25) is 0 Å². The number of rotatable bonds is 7. The van der Waals surface area contributed by atoms with Gasteiger partial charge >= 0.3 is 6.01 Å². The third-order valence-electron chi connectivity index (χ3n) is 4.48. The molecule has 1 amide bonds. The molecule has 0 bridgehead atoms. The standard InChI is InChI=1S/C22H17FN4O4S2/c1-32-18-9-5-14(6-10-18)21-25-26-22(31-21)24-20(28)15-3-2-4-17(13-15)27-33(29,30)19-11-7-16(23)8-12-19/h2-13,27H,1H3,(H,24,26,28). The lowest BCUT2D eigenvalue weighted by atomic mass is 10.2. The second-order valence-electron chi connectivity index (χ2n) is 6.74. The Morgan fingerprint density at radius 2 is 1.73 bits per heavy atom. The minimum Gasteiger partial charge on any atom is -0.403 e. The molecular weight excluding hydrogens is 467 g/mol. The van der Waals surface area contributed by atoms with Crippen LogP contribution in [0.3, 0.4) is 0 Å². The van der Waals surface area contributed by atoms with Crippen molar-refractivity contribution in [3.05, 3.63) is 84.2 Å². The highest BCUT2D eigenvalue weighted by Gasteiger charge is 2.17. The number of carbonyl (C=O) groups excluding carboxylic acids is 1. The van der Waals surface area contributed by atoms with E-state index in [0.717, 1.165) is 29.2 Å². The summed E-state index contributed by atoms with van der Waals surface area (Å²) in [5.74, 6) is -0.863. The Bertz CT molecular complexity index is 1390. The first kappa shape index (κ1) is 22.5. The number of aromatic nitrogens is 2. The predicted octanol–water partition coefficient (Wildman–Crippen LogP) is 4.65. The van der Waals surface area contributed by atoms with E-state index in [4.69, 9.17) is 4.42 Å². The third kappa shape index (κ3) is 5.38. The van der Waals surface area contributed by atoms with E-state index in [9.17, 15) is 17.6 Å². The van der Waals surface area contributed by atoms with E-state index in [-0.39, 0.29) is 28.1 Å². The van der Waals surface area contributed by atoms with Gasteiger partial charge in [0.1, 0.15) is 5.82 Å². The molecule has 1 aromatic heterocycles. The molecule has 0 aliphatic rings. The second kappa shape index (κ2) is 9.43. The average molecular weight is 485 g/mol. The molecule has 33 heavy (non-hydrogen) atoms. The van der Waals surface area contributed by atoms with E-state index in [0.29, 0.717) is 5.56 Å². The topological polar surface area (TPSA) is 114 Å². The molecule has 0 aliphatic carbocycles. The molecule has 1 heterocycles. The first-order valence-electron chi connectivity index (χ1n) is 9.52. The number of nitrogens with one attached hydrogen (secondary N) is 2. The lowest BCUT2D eigenvalue weighted by Crippen LogP contribution is -2.15. The number of hydrogen-bond donors (Lipinski definition) is 2. The molecule has 0 unspecified atom stereocenters. The normalized spacial score (nSPS) is 11.2. The maximum Gasteiger partial charge on any atom is 0.322 e. The molecule has 0 fully saturated rings. The zero-order valence-corrected chi connectivity index (χ0v) is 18.8. The van der Waals surface area contributed by atoms with Gasteiger partial charge in [0, 0.05) is 21.7 Å². The number of anilines is 2. The Hall–Kier alpha value is -3.70. The lowest BCUT2D eigenvalue weighted by molar-refractivity contribution is 0.102. The van der Waals surface area contributed by atoms with Crippen LogP contribution in [-0.4, -0.2) is 30.8 Å². The summed E-state index contributed by atoms with van der Waals surface area (Å²) in [5.41, 5.74) is 1.03. The summed E-state index contributed by atoms with van der Waals surface area (Å²) in [7, 11) is -3.95. The molecule has 168 valence electrons. The number of carbonyl (C=O) groups is 1. The first-order valence-corrected chi connectivity index (χ1v) is 12.2. The summed E-state index contributed by atoms with van der Waals surface area (Å²) in [6.07, 6.45) is 1.97. The number of benzene rings is 3. The summed E-state index contributed by atoms with van der Waals surface area (Å²) >= 11 is 1.61. The van der Waals surface area contributed by atoms with Gasteiger partial charge in [-0.25, -0.2) is 12.8 Å². The summed E-state index contributed by atoms with van der Waals surface area (Å²) < 4.78 is 45.9. The van der Waals surface area contributed by atoms with Crippen molar-refractivity contribution in [1.82, 2.24) is 10.2 Å². The van der Waals surface area contributed by atoms with Gasteiger partial charge in [0.05, 0.1) is 4.90 Å². The molecule has 11 heteroatoms. The van der Waals surface area contributed by atoms with Crippen molar-refractivity contribution in [2.45, 2.75) is 9.79 Å². The van der Waals surface area contributed by atoms with Gasteiger partial charge in [0.2, 0.25) is 5.89 Å². The van der Waals surface area contributed by atoms with Crippen LogP contribution in [0, 0.1) is 5.82 Å². The fourth-order valence-corrected chi connectivity index (χ4v) is 4.30. The Morgan fingerprint density at radius 1 is 1.00 bits per heavy atom. The maximum atomic E-state index is 13.1. The molecule has 0 radical (unpaired) electrons. The SMILES string of the molecule is CSc1ccc(-c2nnc(NC(=O)c3cccc(NS(=O)(=O)c4ccc(F)cc4)c3)o2)cc1. The molecule has 0 saturated heterocycles. The molecule has 4 rings (SSSR count). The Balaban J connectivity index is 1.47. The molecule has 2 N–H and O–H groups in total. The molecule has 8 nitrogen and oxygen atoms in total. The Labute approximate surface area is 193 Å². The molecular formula is C22H17FN4O4S2. The van der Waals surface area contributed by atoms with Crippen molar-refractivity contribution < 1.29 is 22.0 Å². The van der Waals surface area contributed by atoms with Crippen molar-refractivity contribution in [2.24, 2.45) is 0 Å².